The molecule has 0 aliphatic rings. The second-order valence-electron chi connectivity index (χ2n) is 2.85. The van der Waals surface area contributed by atoms with Gasteiger partial charge in [0.25, 0.3) is 0 Å². The van der Waals surface area contributed by atoms with E-state index in [1.165, 1.54) is 0 Å². The van der Waals surface area contributed by atoms with Crippen LogP contribution in [0.1, 0.15) is 7.43 Å². The summed E-state index contributed by atoms with van der Waals surface area (Å²) in [4.78, 5) is 0. The van der Waals surface area contributed by atoms with Crippen molar-refractivity contribution in [2.24, 2.45) is 7.05 Å². The number of halogens is 1. The lowest BCUT2D eigenvalue weighted by Crippen LogP contribution is -1.87. The van der Waals surface area contributed by atoms with Gasteiger partial charge in [-0.3, -0.25) is 4.68 Å². The van der Waals surface area contributed by atoms with Crippen LogP contribution in [0.3, 0.4) is 0 Å². The van der Waals surface area contributed by atoms with Gasteiger partial charge in [-0.1, -0.05) is 23.4 Å². The fourth-order valence-corrected chi connectivity index (χ4v) is 1.80. The van der Waals surface area contributed by atoms with Crippen LogP contribution in [0.25, 0.3) is 10.9 Å². The Morgan fingerprint density at radius 1 is 1.43 bits per heavy atom. The molecule has 14 heavy (non-hydrogen) atoms. The van der Waals surface area contributed by atoms with Gasteiger partial charge in [-0.15, -0.1) is 0 Å². The monoisotopic (exact) mass is 256 g/mol. The Bertz CT molecular complexity index is 451. The highest BCUT2D eigenvalue weighted by Crippen LogP contribution is 2.28. The van der Waals surface area contributed by atoms with E-state index in [2.05, 4.69) is 21.0 Å². The van der Waals surface area contributed by atoms with Crippen LogP contribution >= 0.6 is 15.9 Å². The molecule has 1 aromatic carbocycles. The molecule has 0 spiro atoms. The van der Waals surface area contributed by atoms with Crippen molar-refractivity contribution in [3.63, 3.8) is 0 Å². The molecule has 0 saturated carbocycles. The van der Waals surface area contributed by atoms with Crippen LogP contribution in [-0.2, 0) is 7.05 Å². The van der Waals surface area contributed by atoms with Crippen LogP contribution in [0.15, 0.2) is 22.8 Å². The van der Waals surface area contributed by atoms with Crippen LogP contribution in [0, 0.1) is 0 Å². The summed E-state index contributed by atoms with van der Waals surface area (Å²) < 4.78 is 8.00. The lowest BCUT2D eigenvalue weighted by molar-refractivity contribution is 0.418. The summed E-state index contributed by atoms with van der Waals surface area (Å²) in [5.74, 6) is 0.796. The molecule has 4 heteroatoms. The fraction of sp³-hybridized carbons (Fsp3) is 0.300. The molecule has 0 unspecified atom stereocenters. The Kier molecular flexibility index (Phi) is 3.16. The van der Waals surface area contributed by atoms with Gasteiger partial charge in [-0.2, -0.15) is 5.10 Å². The number of hydrogen-bond donors (Lipinski definition) is 0. The molecule has 0 N–H and O–H groups in total. The molecule has 2 rings (SSSR count). The van der Waals surface area contributed by atoms with E-state index < -0.39 is 0 Å². The number of aryl methyl sites for hydroxylation is 1. The summed E-state index contributed by atoms with van der Waals surface area (Å²) in [7, 11) is 3.54. The van der Waals surface area contributed by atoms with E-state index in [1.54, 1.807) is 11.8 Å². The quantitative estimate of drug-likeness (QED) is 0.785. The normalized spacial score (nSPS) is 9.93. The van der Waals surface area contributed by atoms with Gasteiger partial charge in [0.2, 0.25) is 0 Å². The van der Waals surface area contributed by atoms with Crippen molar-refractivity contribution in [2.45, 2.75) is 7.43 Å². The van der Waals surface area contributed by atoms with Crippen molar-refractivity contribution >= 4 is 26.8 Å². The van der Waals surface area contributed by atoms with Crippen molar-refractivity contribution in [2.75, 3.05) is 7.11 Å². The standard InChI is InChI=1S/C9H9BrN2O.CH4/c1-12-5-6-3-7(10)4-8(13-2)9(6)11-12;/h3-5H,1-2H3;1H4. The first-order chi connectivity index (χ1) is 6.20. The molecule has 3 nitrogen and oxygen atoms in total. The smallest absolute Gasteiger partial charge is 0.148 e. The maximum atomic E-state index is 5.22. The average Bonchev–Trinajstić information content (AvgIpc) is 2.43. The average molecular weight is 257 g/mol. The lowest BCUT2D eigenvalue weighted by Gasteiger charge is -2.00. The summed E-state index contributed by atoms with van der Waals surface area (Å²) in [6, 6.07) is 3.93. The molecule has 0 aliphatic heterocycles. The van der Waals surface area contributed by atoms with Crippen molar-refractivity contribution in [1.29, 1.82) is 0 Å². The first-order valence-corrected chi connectivity index (χ1v) is 4.67. The SMILES string of the molecule is C.COc1cc(Br)cc2cn(C)nc12. The number of rotatable bonds is 1. The van der Waals surface area contributed by atoms with Gasteiger partial charge in [-0.25, -0.2) is 0 Å². The van der Waals surface area contributed by atoms with E-state index >= 15 is 0 Å². The summed E-state index contributed by atoms with van der Waals surface area (Å²) >= 11 is 3.42. The Labute approximate surface area is 91.8 Å². The van der Waals surface area contributed by atoms with E-state index in [9.17, 15) is 0 Å². The molecule has 2 aromatic rings. The van der Waals surface area contributed by atoms with Gasteiger partial charge in [-0.05, 0) is 12.1 Å². The summed E-state index contributed by atoms with van der Waals surface area (Å²) in [6.45, 7) is 0. The Hall–Kier alpha value is -1.03. The van der Waals surface area contributed by atoms with E-state index in [4.69, 9.17) is 4.74 Å². The Balaban J connectivity index is 0.000000980. The number of benzene rings is 1. The maximum absolute atomic E-state index is 5.22. The zero-order valence-electron chi connectivity index (χ0n) is 7.41. The molecular formula is C10H13BrN2O. The molecule has 76 valence electrons. The van der Waals surface area contributed by atoms with E-state index in [0.29, 0.717) is 0 Å². The van der Waals surface area contributed by atoms with E-state index in [1.807, 2.05) is 25.4 Å². The van der Waals surface area contributed by atoms with Crippen molar-refractivity contribution in [3.8, 4) is 5.75 Å². The van der Waals surface area contributed by atoms with Gasteiger partial charge in [0.05, 0.1) is 7.11 Å². The second kappa shape index (κ2) is 4.00. The maximum Gasteiger partial charge on any atom is 0.148 e. The molecule has 0 aliphatic carbocycles. The Morgan fingerprint density at radius 3 is 2.79 bits per heavy atom. The minimum atomic E-state index is 0. The van der Waals surface area contributed by atoms with Crippen LogP contribution in [0.5, 0.6) is 5.75 Å². The highest BCUT2D eigenvalue weighted by Gasteiger charge is 2.06. The number of nitrogens with zero attached hydrogens (tertiary/aromatic N) is 2. The first kappa shape index (κ1) is 11.0. The topological polar surface area (TPSA) is 27.1 Å². The zero-order valence-corrected chi connectivity index (χ0v) is 9.00. The zero-order chi connectivity index (χ0) is 9.42. The summed E-state index contributed by atoms with van der Waals surface area (Å²) in [6.07, 6.45) is 1.96. The van der Waals surface area contributed by atoms with Gasteiger partial charge in [0.15, 0.2) is 0 Å². The number of hydrogen-bond acceptors (Lipinski definition) is 2. The molecule has 0 bridgehead atoms. The van der Waals surface area contributed by atoms with Gasteiger partial charge >= 0.3 is 0 Å². The lowest BCUT2D eigenvalue weighted by atomic mass is 10.2. The summed E-state index contributed by atoms with van der Waals surface area (Å²) in [5.41, 5.74) is 0.896. The predicted molar refractivity (Wildman–Crippen MR) is 61.7 cm³/mol. The molecule has 0 radical (unpaired) electrons. The largest absolute Gasteiger partial charge is 0.494 e. The predicted octanol–water partition coefficient (Wildman–Crippen LogP) is 2.98. The molecule has 0 atom stereocenters. The van der Waals surface area contributed by atoms with Crippen LogP contribution in [-0.4, -0.2) is 16.9 Å². The van der Waals surface area contributed by atoms with Gasteiger partial charge in [0.1, 0.15) is 11.3 Å². The third-order valence-electron chi connectivity index (χ3n) is 1.87. The molecule has 0 amide bonds. The minimum absolute atomic E-state index is 0. The Morgan fingerprint density at radius 2 is 2.14 bits per heavy atom. The minimum Gasteiger partial charge on any atom is -0.494 e. The van der Waals surface area contributed by atoms with Crippen LogP contribution in [0.2, 0.25) is 0 Å². The third kappa shape index (κ3) is 1.75. The van der Waals surface area contributed by atoms with Crippen LogP contribution in [0.4, 0.5) is 0 Å². The highest BCUT2D eigenvalue weighted by molar-refractivity contribution is 9.10. The van der Waals surface area contributed by atoms with Crippen LogP contribution < -0.4 is 4.74 Å². The van der Waals surface area contributed by atoms with Crippen molar-refractivity contribution < 1.29 is 4.74 Å². The van der Waals surface area contributed by atoms with E-state index in [-0.39, 0.29) is 7.43 Å². The second-order valence-corrected chi connectivity index (χ2v) is 3.76. The highest BCUT2D eigenvalue weighted by atomic mass is 79.9. The number of ether oxygens (including phenoxy) is 1. The molecule has 1 aromatic heterocycles. The number of fused-ring (bicyclic) bond motifs is 1. The summed E-state index contributed by atoms with van der Waals surface area (Å²) in [5, 5.41) is 5.37. The molecular weight excluding hydrogens is 244 g/mol. The van der Waals surface area contributed by atoms with Gasteiger partial charge < -0.3 is 4.74 Å². The molecule has 0 fully saturated rings. The third-order valence-corrected chi connectivity index (χ3v) is 2.33. The van der Waals surface area contributed by atoms with E-state index in [0.717, 1.165) is 21.1 Å². The fourth-order valence-electron chi connectivity index (χ4n) is 1.34. The number of methoxy groups -OCH3 is 1. The number of aromatic nitrogens is 2. The molecule has 0 saturated heterocycles. The van der Waals surface area contributed by atoms with Gasteiger partial charge in [0, 0.05) is 23.1 Å². The molecule has 1 heterocycles. The first-order valence-electron chi connectivity index (χ1n) is 3.87. The van der Waals surface area contributed by atoms with Crippen molar-refractivity contribution in [1.82, 2.24) is 9.78 Å². The van der Waals surface area contributed by atoms with Crippen molar-refractivity contribution in [3.05, 3.63) is 22.8 Å².